The average Bonchev–Trinajstić information content (AvgIpc) is 2.89. The Morgan fingerprint density at radius 3 is 2.31 bits per heavy atom. The van der Waals surface area contributed by atoms with Crippen LogP contribution < -0.4 is 0 Å². The Labute approximate surface area is 156 Å². The Kier molecular flexibility index (Phi) is 5.42. The molecule has 6 nitrogen and oxygen atoms in total. The third-order valence-corrected chi connectivity index (χ3v) is 7.40. The van der Waals surface area contributed by atoms with E-state index < -0.39 is 9.84 Å². The summed E-state index contributed by atoms with van der Waals surface area (Å²) in [6.07, 6.45) is 0. The zero-order valence-corrected chi connectivity index (χ0v) is 16.9. The van der Waals surface area contributed by atoms with Crippen LogP contribution in [0.2, 0.25) is 0 Å². The van der Waals surface area contributed by atoms with Crippen molar-refractivity contribution in [2.45, 2.75) is 32.5 Å². The van der Waals surface area contributed by atoms with Crippen LogP contribution in [-0.4, -0.2) is 86.3 Å². The maximum atomic E-state index is 12.3. The number of sulfone groups is 1. The number of hydrogen-bond acceptors (Lipinski definition) is 5. The van der Waals surface area contributed by atoms with Crippen molar-refractivity contribution in [1.82, 2.24) is 14.7 Å². The van der Waals surface area contributed by atoms with Crippen molar-refractivity contribution in [3.8, 4) is 0 Å². The molecule has 2 aliphatic heterocycles. The van der Waals surface area contributed by atoms with E-state index in [0.29, 0.717) is 6.54 Å². The minimum atomic E-state index is -3.07. The van der Waals surface area contributed by atoms with Crippen molar-refractivity contribution in [1.29, 1.82) is 0 Å². The first-order chi connectivity index (χ1) is 12.2. The van der Waals surface area contributed by atoms with Crippen LogP contribution in [0.3, 0.4) is 0 Å². The number of amides is 1. The summed E-state index contributed by atoms with van der Waals surface area (Å²) in [5, 5.41) is 0. The van der Waals surface area contributed by atoms with Crippen LogP contribution >= 0.6 is 0 Å². The highest BCUT2D eigenvalue weighted by atomic mass is 32.2. The Bertz CT molecular complexity index is 791. The number of hydrogen-bond donors (Lipinski definition) is 0. The van der Waals surface area contributed by atoms with Crippen molar-refractivity contribution < 1.29 is 13.2 Å². The lowest BCUT2D eigenvalue weighted by Gasteiger charge is -2.44. The minimum Gasteiger partial charge on any atom is -0.348 e. The van der Waals surface area contributed by atoms with E-state index in [1.54, 1.807) is 19.0 Å². The van der Waals surface area contributed by atoms with Gasteiger partial charge in [0.15, 0.2) is 9.84 Å². The molecule has 1 amide bonds. The van der Waals surface area contributed by atoms with E-state index in [1.807, 2.05) is 0 Å². The van der Waals surface area contributed by atoms with Gasteiger partial charge in [0.25, 0.3) is 0 Å². The molecule has 0 spiro atoms. The predicted molar refractivity (Wildman–Crippen MR) is 103 cm³/mol. The van der Waals surface area contributed by atoms with Gasteiger partial charge in [-0.25, -0.2) is 8.42 Å². The Morgan fingerprint density at radius 2 is 1.69 bits per heavy atom. The number of piperazine rings is 1. The second-order valence-electron chi connectivity index (χ2n) is 7.86. The van der Waals surface area contributed by atoms with Crippen molar-refractivity contribution in [3.63, 3.8) is 0 Å². The Hall–Kier alpha value is -1.44. The molecule has 0 N–H and O–H groups in total. The van der Waals surface area contributed by atoms with E-state index in [9.17, 15) is 13.2 Å². The molecule has 0 unspecified atom stereocenters. The van der Waals surface area contributed by atoms with Gasteiger partial charge in [-0.05, 0) is 30.5 Å². The maximum absolute atomic E-state index is 12.3. The van der Waals surface area contributed by atoms with E-state index in [0.717, 1.165) is 19.6 Å². The van der Waals surface area contributed by atoms with Gasteiger partial charge in [-0.2, -0.15) is 0 Å². The molecule has 0 radical (unpaired) electrons. The fourth-order valence-electron chi connectivity index (χ4n) is 3.94. The number of aryl methyl sites for hydroxylation is 2. The van der Waals surface area contributed by atoms with Gasteiger partial charge in [-0.15, -0.1) is 0 Å². The van der Waals surface area contributed by atoms with Crippen LogP contribution in [0.4, 0.5) is 0 Å². The summed E-state index contributed by atoms with van der Waals surface area (Å²) < 4.78 is 24.6. The summed E-state index contributed by atoms with van der Waals surface area (Å²) in [6.45, 7) is 6.76. The molecule has 2 atom stereocenters. The molecular weight excluding hydrogens is 350 g/mol. The predicted octanol–water partition coefficient (Wildman–Crippen LogP) is 0.675. The van der Waals surface area contributed by atoms with Crippen molar-refractivity contribution in [2.75, 3.05) is 45.2 Å². The van der Waals surface area contributed by atoms with Gasteiger partial charge < -0.3 is 4.90 Å². The first kappa shape index (κ1) is 19.3. The molecule has 2 saturated heterocycles. The Balaban J connectivity index is 1.77. The molecule has 1 aromatic rings. The molecule has 2 heterocycles. The molecule has 0 bridgehead atoms. The van der Waals surface area contributed by atoms with E-state index in [4.69, 9.17) is 0 Å². The number of rotatable bonds is 4. The number of carbonyl (C=O) groups excluding carboxylic acids is 1. The molecule has 26 heavy (non-hydrogen) atoms. The lowest BCUT2D eigenvalue weighted by molar-refractivity contribution is -0.131. The van der Waals surface area contributed by atoms with Crippen LogP contribution in [0.25, 0.3) is 0 Å². The molecule has 0 aromatic heterocycles. The van der Waals surface area contributed by atoms with E-state index in [2.05, 4.69) is 41.8 Å². The van der Waals surface area contributed by atoms with Crippen LogP contribution in [0.5, 0.6) is 0 Å². The monoisotopic (exact) mass is 379 g/mol. The normalized spacial score (nSPS) is 25.8. The molecule has 3 rings (SSSR count). The van der Waals surface area contributed by atoms with E-state index in [1.165, 1.54) is 16.7 Å². The van der Waals surface area contributed by atoms with Crippen molar-refractivity contribution in [2.24, 2.45) is 0 Å². The van der Waals surface area contributed by atoms with Gasteiger partial charge in [0.1, 0.15) is 0 Å². The fourth-order valence-corrected chi connectivity index (χ4v) is 5.98. The average molecular weight is 380 g/mol. The van der Waals surface area contributed by atoms with E-state index >= 15 is 0 Å². The number of nitrogens with zero attached hydrogens (tertiary/aromatic N) is 3. The highest BCUT2D eigenvalue weighted by molar-refractivity contribution is 7.91. The number of benzene rings is 1. The SMILES string of the molecule is Cc1ccc(CN2CCN(CC(=O)N(C)C)[C@@H]3CS(=O)(=O)C[C@@H]32)cc1C. The van der Waals surface area contributed by atoms with Gasteiger partial charge in [0, 0.05) is 45.8 Å². The summed E-state index contributed by atoms with van der Waals surface area (Å²) >= 11 is 0. The number of fused-ring (bicyclic) bond motifs is 1. The molecule has 0 saturated carbocycles. The summed E-state index contributed by atoms with van der Waals surface area (Å²) in [5.74, 6) is 0.368. The van der Waals surface area contributed by atoms with Crippen LogP contribution in [0, 0.1) is 13.8 Å². The van der Waals surface area contributed by atoms with Gasteiger partial charge in [-0.1, -0.05) is 18.2 Å². The third-order valence-electron chi connectivity index (χ3n) is 5.70. The Morgan fingerprint density at radius 1 is 1.08 bits per heavy atom. The lowest BCUT2D eigenvalue weighted by Crippen LogP contribution is -2.60. The molecule has 144 valence electrons. The first-order valence-electron chi connectivity index (χ1n) is 9.11. The largest absolute Gasteiger partial charge is 0.348 e. The summed E-state index contributed by atoms with van der Waals surface area (Å²) in [4.78, 5) is 18.0. The summed E-state index contributed by atoms with van der Waals surface area (Å²) in [6, 6.07) is 6.31. The second kappa shape index (κ2) is 7.29. The van der Waals surface area contributed by atoms with Gasteiger partial charge in [-0.3, -0.25) is 14.6 Å². The zero-order chi connectivity index (χ0) is 19.1. The lowest BCUT2D eigenvalue weighted by atomic mass is 10.0. The standard InChI is InChI=1S/C19H29N3O3S/c1-14-5-6-16(9-15(14)2)10-21-7-8-22(11-19(23)20(3)4)18-13-26(24,25)12-17(18)21/h5-6,9,17-18H,7-8,10-13H2,1-4H3/t17-,18+/m0/s1. The van der Waals surface area contributed by atoms with Crippen LogP contribution in [-0.2, 0) is 21.2 Å². The number of carbonyl (C=O) groups is 1. The molecule has 7 heteroatoms. The third kappa shape index (κ3) is 4.10. The first-order valence-corrected chi connectivity index (χ1v) is 10.9. The molecular formula is C19H29N3O3S. The van der Waals surface area contributed by atoms with Gasteiger partial charge in [0.05, 0.1) is 18.1 Å². The topological polar surface area (TPSA) is 60.9 Å². The molecule has 2 aliphatic rings. The zero-order valence-electron chi connectivity index (χ0n) is 16.1. The quantitative estimate of drug-likeness (QED) is 0.770. The molecule has 0 aliphatic carbocycles. The highest BCUT2D eigenvalue weighted by Gasteiger charge is 2.46. The molecule has 2 fully saturated rings. The maximum Gasteiger partial charge on any atom is 0.236 e. The van der Waals surface area contributed by atoms with Crippen molar-refractivity contribution >= 4 is 15.7 Å². The smallest absolute Gasteiger partial charge is 0.236 e. The van der Waals surface area contributed by atoms with E-state index in [-0.39, 0.29) is 29.5 Å². The highest BCUT2D eigenvalue weighted by Crippen LogP contribution is 2.28. The van der Waals surface area contributed by atoms with Gasteiger partial charge in [0.2, 0.25) is 5.91 Å². The second-order valence-corrected chi connectivity index (χ2v) is 10.0. The number of likely N-dealkylation sites (N-methyl/N-ethyl adjacent to an activating group) is 1. The van der Waals surface area contributed by atoms with Gasteiger partial charge >= 0.3 is 0 Å². The summed E-state index contributed by atoms with van der Waals surface area (Å²) in [7, 11) is 0.408. The van der Waals surface area contributed by atoms with Crippen molar-refractivity contribution in [3.05, 3.63) is 34.9 Å². The summed E-state index contributed by atoms with van der Waals surface area (Å²) in [5.41, 5.74) is 3.74. The van der Waals surface area contributed by atoms with Crippen LogP contribution in [0.15, 0.2) is 18.2 Å². The molecule has 1 aromatic carbocycles. The minimum absolute atomic E-state index is 0.0238. The fraction of sp³-hybridized carbons (Fsp3) is 0.632. The van der Waals surface area contributed by atoms with Crippen LogP contribution in [0.1, 0.15) is 16.7 Å².